The van der Waals surface area contributed by atoms with Crippen molar-refractivity contribution in [2.24, 2.45) is 11.8 Å². The first-order valence-corrected chi connectivity index (χ1v) is 28.9. The van der Waals surface area contributed by atoms with Crippen molar-refractivity contribution in [1.29, 1.82) is 0 Å². The average molecular weight is 1100 g/mol. The number of aliphatic hydroxyl groups is 2. The number of nitrogens with one attached hydrogen (secondary N) is 3. The number of amides is 2. The third-order valence-electron chi connectivity index (χ3n) is 16.1. The standard InChI is InChI=1S/C63H90N4O12/c1-11-37-76-56(71)26-22-17-16-21-25-47-48(54(69)40-53(47)68)31-29-45(28-27-44-23-19-18-20-24-44)79-63(10,13-3)59(73)43(8)78-62(9,12-2)55(70)33-34-57(72)77-46-30-32-51-49(38-46)50(60(74)66-51)39-52-41(6)58(42(7)65-52)61(75)64-35-36-67(14-4)15-5/h16,18-21,23-24,30,32,38-39,43,45,47-48,53-54,65,68-69H,11-15,17,22,25-29,31,33-37,40H2,1-10H3,(H,64,75)(H,66,74)/b21-16-,50-39-/t43?,45-,47+,48+,53-,54+,62?,63?/m0/s1. The zero-order valence-electron chi connectivity index (χ0n) is 48.7. The summed E-state index contributed by atoms with van der Waals surface area (Å²) in [7, 11) is 0. The van der Waals surface area contributed by atoms with Crippen molar-refractivity contribution in [2.45, 2.75) is 195 Å². The van der Waals surface area contributed by atoms with Crippen LogP contribution in [0.15, 0.2) is 60.7 Å². The molecule has 2 heterocycles. The topological polar surface area (TPSA) is 223 Å². The molecule has 3 unspecified atom stereocenters. The lowest BCUT2D eigenvalue weighted by Crippen LogP contribution is -2.50. The van der Waals surface area contributed by atoms with Crippen LogP contribution in [0.1, 0.15) is 177 Å². The smallest absolute Gasteiger partial charge is 0.311 e. The molecule has 1 aromatic heterocycles. The maximum atomic E-state index is 14.5. The Hall–Kier alpha value is -5.78. The molecule has 0 saturated heterocycles. The van der Waals surface area contributed by atoms with Gasteiger partial charge in [-0.15, -0.1) is 0 Å². The third kappa shape index (κ3) is 17.9. The first-order chi connectivity index (χ1) is 37.7. The van der Waals surface area contributed by atoms with E-state index >= 15 is 0 Å². The number of aromatic amines is 1. The lowest BCUT2D eigenvalue weighted by molar-refractivity contribution is -0.176. The van der Waals surface area contributed by atoms with Crippen LogP contribution in [0.3, 0.4) is 0 Å². The molecule has 79 heavy (non-hydrogen) atoms. The Morgan fingerprint density at radius 3 is 2.25 bits per heavy atom. The van der Waals surface area contributed by atoms with Gasteiger partial charge in [-0.3, -0.25) is 28.8 Å². The van der Waals surface area contributed by atoms with Crippen molar-refractivity contribution >= 4 is 52.7 Å². The monoisotopic (exact) mass is 1090 g/mol. The van der Waals surface area contributed by atoms with Crippen LogP contribution < -0.4 is 15.4 Å². The van der Waals surface area contributed by atoms with E-state index in [4.69, 9.17) is 18.9 Å². The largest absolute Gasteiger partial charge is 0.466 e. The Balaban J connectivity index is 1.19. The van der Waals surface area contributed by atoms with Crippen LogP contribution in [0.5, 0.6) is 5.75 Å². The van der Waals surface area contributed by atoms with E-state index < -0.39 is 41.6 Å². The minimum Gasteiger partial charge on any atom is -0.466 e. The van der Waals surface area contributed by atoms with Crippen molar-refractivity contribution in [3.63, 3.8) is 0 Å². The van der Waals surface area contributed by atoms with Crippen molar-refractivity contribution in [1.82, 2.24) is 15.2 Å². The van der Waals surface area contributed by atoms with Crippen molar-refractivity contribution in [2.75, 3.05) is 38.1 Å². The fourth-order valence-corrected chi connectivity index (χ4v) is 10.8. The molecule has 2 aliphatic rings. The van der Waals surface area contributed by atoms with Gasteiger partial charge in [0.25, 0.3) is 11.8 Å². The fraction of sp³-hybridized carbons (Fsp3) is 0.587. The Morgan fingerprint density at radius 1 is 0.861 bits per heavy atom. The van der Waals surface area contributed by atoms with Crippen molar-refractivity contribution in [3.05, 3.63) is 94.3 Å². The van der Waals surface area contributed by atoms with Crippen LogP contribution in [-0.4, -0.2) is 124 Å². The number of rotatable bonds is 34. The first-order valence-electron chi connectivity index (χ1n) is 28.9. The van der Waals surface area contributed by atoms with Crippen LogP contribution in [0, 0.1) is 25.7 Å². The van der Waals surface area contributed by atoms with Gasteiger partial charge in [0.05, 0.1) is 42.5 Å². The maximum Gasteiger partial charge on any atom is 0.311 e. The summed E-state index contributed by atoms with van der Waals surface area (Å²) in [5, 5.41) is 28.1. The molecule has 1 aliphatic carbocycles. The molecular formula is C63H90N4O12. The van der Waals surface area contributed by atoms with Crippen LogP contribution in [0.4, 0.5) is 5.69 Å². The lowest BCUT2D eigenvalue weighted by Gasteiger charge is -2.37. The highest BCUT2D eigenvalue weighted by Crippen LogP contribution is 2.40. The summed E-state index contributed by atoms with van der Waals surface area (Å²) in [6.07, 6.45) is 8.79. The van der Waals surface area contributed by atoms with E-state index in [0.717, 1.165) is 31.6 Å². The molecule has 2 amide bonds. The molecule has 5 N–H and O–H groups in total. The first kappa shape index (κ1) is 64.0. The number of anilines is 1. The number of fused-ring (bicyclic) bond motifs is 1. The quantitative estimate of drug-likeness (QED) is 0.0124. The molecule has 5 rings (SSSR count). The molecule has 0 bridgehead atoms. The Morgan fingerprint density at radius 2 is 1.57 bits per heavy atom. The summed E-state index contributed by atoms with van der Waals surface area (Å²) >= 11 is 0. The number of likely N-dealkylation sites (N-methyl/N-ethyl adjacent to an activating group) is 1. The molecule has 1 fully saturated rings. The Kier molecular flexibility index (Phi) is 24.9. The Bertz CT molecular complexity index is 2590. The van der Waals surface area contributed by atoms with Gasteiger partial charge >= 0.3 is 11.9 Å². The zero-order chi connectivity index (χ0) is 57.9. The number of Topliss-reactive ketones (excluding diaryl/α,β-unsaturated/α-hetero) is 2. The fourth-order valence-electron chi connectivity index (χ4n) is 10.8. The number of ketones is 2. The van der Waals surface area contributed by atoms with E-state index in [-0.39, 0.29) is 72.6 Å². The predicted octanol–water partition coefficient (Wildman–Crippen LogP) is 9.99. The second-order valence-electron chi connectivity index (χ2n) is 21.7. The highest BCUT2D eigenvalue weighted by atomic mass is 16.5. The van der Waals surface area contributed by atoms with E-state index in [1.807, 2.05) is 58.0 Å². The van der Waals surface area contributed by atoms with Gasteiger partial charge in [-0.2, -0.15) is 0 Å². The van der Waals surface area contributed by atoms with Crippen molar-refractivity contribution in [3.8, 4) is 5.75 Å². The van der Waals surface area contributed by atoms with Gasteiger partial charge in [0.1, 0.15) is 23.1 Å². The number of unbranched alkanes of at least 4 members (excludes halogenated alkanes) is 1. The normalized spacial score (nSPS) is 19.9. The number of aromatic nitrogens is 1. The molecule has 0 radical (unpaired) electrons. The number of carbonyl (C=O) groups excluding carboxylic acids is 6. The number of carbonyl (C=O) groups is 6. The van der Waals surface area contributed by atoms with E-state index in [1.54, 1.807) is 52.0 Å². The van der Waals surface area contributed by atoms with E-state index in [2.05, 4.69) is 46.5 Å². The maximum absolute atomic E-state index is 14.5. The van der Waals surface area contributed by atoms with Gasteiger partial charge in [0, 0.05) is 48.6 Å². The van der Waals surface area contributed by atoms with E-state index in [1.165, 1.54) is 0 Å². The predicted molar refractivity (Wildman–Crippen MR) is 307 cm³/mol. The van der Waals surface area contributed by atoms with E-state index in [9.17, 15) is 39.0 Å². The second kappa shape index (κ2) is 30.7. The number of aliphatic hydroxyl groups excluding tert-OH is 2. The summed E-state index contributed by atoms with van der Waals surface area (Å²) in [4.78, 5) is 85.8. The molecule has 16 heteroatoms. The SMILES string of the molecule is CCCOC(=O)CCC/C=C\C[C@@H]1[C@@H](CC[C@H](CCc2ccccc2)OC(C)(CC)C(=O)C(C)OC(C)(CC)C(=O)CCC(=O)Oc2ccc3c(c2)/C(=C/c2[nH]c(C)c(C(=O)NCCN(CC)CC)c2C)C(=O)N3)[C@H](O)C[C@@H]1O. The van der Waals surface area contributed by atoms with Crippen molar-refractivity contribution < 1.29 is 57.9 Å². The molecule has 0 spiro atoms. The van der Waals surface area contributed by atoms with Gasteiger partial charge in [-0.1, -0.05) is 77.1 Å². The minimum atomic E-state index is -1.42. The van der Waals surface area contributed by atoms with E-state index in [0.29, 0.717) is 110 Å². The van der Waals surface area contributed by atoms with Gasteiger partial charge in [0.15, 0.2) is 11.6 Å². The number of aryl methyl sites for hydroxylation is 2. The van der Waals surface area contributed by atoms with Gasteiger partial charge in [-0.25, -0.2) is 0 Å². The highest BCUT2D eigenvalue weighted by Gasteiger charge is 2.44. The number of allylic oxidation sites excluding steroid dienone is 2. The highest BCUT2D eigenvalue weighted by molar-refractivity contribution is 6.35. The molecule has 8 atom stereocenters. The number of hydrogen-bond acceptors (Lipinski definition) is 13. The summed E-state index contributed by atoms with van der Waals surface area (Å²) in [5.41, 5.74) is 2.25. The van der Waals surface area contributed by atoms with Crippen LogP contribution in [-0.2, 0) is 44.6 Å². The molecule has 1 saturated carbocycles. The Labute approximate surface area is 468 Å². The summed E-state index contributed by atoms with van der Waals surface area (Å²) in [6.45, 7) is 21.9. The number of H-pyrrole nitrogens is 1. The van der Waals surface area contributed by atoms with Crippen LogP contribution in [0.2, 0.25) is 0 Å². The molecule has 2 aromatic carbocycles. The van der Waals surface area contributed by atoms with Crippen LogP contribution in [0.25, 0.3) is 11.6 Å². The second-order valence-corrected chi connectivity index (χ2v) is 21.7. The van der Waals surface area contributed by atoms with Gasteiger partial charge < -0.3 is 49.7 Å². The molecule has 434 valence electrons. The summed E-state index contributed by atoms with van der Waals surface area (Å²) in [5.74, 6) is -2.28. The molecular weight excluding hydrogens is 1000 g/mol. The summed E-state index contributed by atoms with van der Waals surface area (Å²) in [6, 6.07) is 14.8. The summed E-state index contributed by atoms with van der Waals surface area (Å²) < 4.78 is 24.1. The third-order valence-corrected chi connectivity index (χ3v) is 16.1. The number of esters is 2. The van der Waals surface area contributed by atoms with Gasteiger partial charge in [-0.05, 0) is 166 Å². The number of nitrogens with zero attached hydrogens (tertiary/aromatic N) is 1. The minimum absolute atomic E-state index is 0.163. The number of benzene rings is 2. The van der Waals surface area contributed by atoms with Crippen LogP contribution >= 0.6 is 0 Å². The lowest BCUT2D eigenvalue weighted by atomic mass is 9.85. The molecule has 16 nitrogen and oxygen atoms in total. The van der Waals surface area contributed by atoms with Gasteiger partial charge in [0.2, 0.25) is 0 Å². The number of ether oxygens (including phenoxy) is 4. The molecule has 3 aromatic rings. The molecule has 1 aliphatic heterocycles. The zero-order valence-corrected chi connectivity index (χ0v) is 48.7. The average Bonchev–Trinajstić information content (AvgIpc) is 4.17. The number of hydrogen-bond donors (Lipinski definition) is 5.